The second kappa shape index (κ2) is 3.89. The van der Waals surface area contributed by atoms with Crippen LogP contribution in [0.1, 0.15) is 25.0 Å². The zero-order valence-electron chi connectivity index (χ0n) is 9.08. The molecule has 0 heterocycles. The van der Waals surface area contributed by atoms with Crippen molar-refractivity contribution in [2.75, 3.05) is 0 Å². The largest absolute Gasteiger partial charge is 0.329 e. The van der Waals surface area contributed by atoms with Gasteiger partial charge in [0.05, 0.1) is 0 Å². The molecule has 1 aliphatic carbocycles. The lowest BCUT2D eigenvalue weighted by Crippen LogP contribution is -2.26. The summed E-state index contributed by atoms with van der Waals surface area (Å²) in [5, 5.41) is 2.95. The van der Waals surface area contributed by atoms with Crippen molar-refractivity contribution in [3.63, 3.8) is 0 Å². The molecule has 2 nitrogen and oxygen atoms in total. The number of carbonyl (C=O) groups is 1. The molecule has 0 saturated heterocycles. The van der Waals surface area contributed by atoms with Crippen LogP contribution in [0.3, 0.4) is 0 Å². The molecule has 1 aromatic carbocycles. The normalized spacial score (nSPS) is 13.7. The molecule has 0 atom stereocenters. The van der Waals surface area contributed by atoms with E-state index < -0.39 is 0 Å². The number of hydrogen-bond donors (Lipinski definition) is 1. The third-order valence-electron chi connectivity index (χ3n) is 2.57. The molecule has 15 heavy (non-hydrogen) atoms. The van der Waals surface area contributed by atoms with Gasteiger partial charge in [-0.1, -0.05) is 38.1 Å². The molecule has 2 rings (SSSR count). The number of benzene rings is 1. The topological polar surface area (TPSA) is 29.1 Å². The van der Waals surface area contributed by atoms with E-state index in [1.807, 2.05) is 26.0 Å². The van der Waals surface area contributed by atoms with Crippen LogP contribution < -0.4 is 5.32 Å². The Balaban J connectivity index is 2.09. The molecule has 0 radical (unpaired) electrons. The first kappa shape index (κ1) is 9.97. The summed E-state index contributed by atoms with van der Waals surface area (Å²) < 4.78 is 0. The van der Waals surface area contributed by atoms with E-state index >= 15 is 0 Å². The van der Waals surface area contributed by atoms with Crippen molar-refractivity contribution in [2.45, 2.75) is 20.3 Å². The van der Waals surface area contributed by atoms with E-state index in [1.54, 1.807) is 0 Å². The summed E-state index contributed by atoms with van der Waals surface area (Å²) in [4.78, 5) is 11.5. The second-order valence-electron chi connectivity index (χ2n) is 4.19. The minimum atomic E-state index is 0.0367. The fourth-order valence-corrected chi connectivity index (χ4v) is 1.66. The van der Waals surface area contributed by atoms with Gasteiger partial charge in [0.25, 0.3) is 0 Å². The van der Waals surface area contributed by atoms with Crippen LogP contribution in [0.5, 0.6) is 0 Å². The molecular formula is C13H15NO. The highest BCUT2D eigenvalue weighted by Crippen LogP contribution is 2.22. The van der Waals surface area contributed by atoms with Gasteiger partial charge in [0.15, 0.2) is 0 Å². The number of carbonyl (C=O) groups excluding carboxylic acids is 1. The third-order valence-corrected chi connectivity index (χ3v) is 2.57. The standard InChI is InChI=1S/C13H15NO/c1-9(2)13(15)14-12-7-10-5-3-4-6-11(10)8-12/h3-7,9H,8H2,1-2H3,(H,14,15). The number of allylic oxidation sites excluding steroid dienone is 1. The van der Waals surface area contributed by atoms with E-state index in [0.717, 1.165) is 12.1 Å². The van der Waals surface area contributed by atoms with Gasteiger partial charge in [-0.15, -0.1) is 0 Å². The first-order valence-corrected chi connectivity index (χ1v) is 5.26. The Morgan fingerprint density at radius 1 is 1.33 bits per heavy atom. The molecule has 0 bridgehead atoms. The van der Waals surface area contributed by atoms with Gasteiger partial charge in [-0.25, -0.2) is 0 Å². The lowest BCUT2D eigenvalue weighted by molar-refractivity contribution is -0.123. The molecule has 78 valence electrons. The van der Waals surface area contributed by atoms with Crippen LogP contribution >= 0.6 is 0 Å². The maximum Gasteiger partial charge on any atom is 0.226 e. The Kier molecular flexibility index (Phi) is 2.58. The van der Waals surface area contributed by atoms with Gasteiger partial charge in [-0.05, 0) is 17.2 Å². The maximum atomic E-state index is 11.5. The molecule has 0 spiro atoms. The highest BCUT2D eigenvalue weighted by atomic mass is 16.1. The summed E-state index contributed by atoms with van der Waals surface area (Å²) in [5.74, 6) is 0.128. The van der Waals surface area contributed by atoms with Gasteiger partial charge >= 0.3 is 0 Å². The number of nitrogens with one attached hydrogen (secondary N) is 1. The predicted octanol–water partition coefficient (Wildman–Crippen LogP) is 2.36. The molecule has 1 aliphatic rings. The summed E-state index contributed by atoms with van der Waals surface area (Å²) >= 11 is 0. The van der Waals surface area contributed by atoms with Crippen LogP contribution in [-0.4, -0.2) is 5.91 Å². The first-order valence-electron chi connectivity index (χ1n) is 5.26. The van der Waals surface area contributed by atoms with Crippen LogP contribution in [-0.2, 0) is 11.2 Å². The number of amides is 1. The first-order chi connectivity index (χ1) is 7.16. The molecule has 0 fully saturated rings. The highest BCUT2D eigenvalue weighted by molar-refractivity contribution is 5.82. The van der Waals surface area contributed by atoms with E-state index in [-0.39, 0.29) is 11.8 Å². The summed E-state index contributed by atoms with van der Waals surface area (Å²) in [6.07, 6.45) is 2.89. The van der Waals surface area contributed by atoms with Crippen LogP contribution in [0.2, 0.25) is 0 Å². The molecule has 0 saturated carbocycles. The Bertz CT molecular complexity index is 418. The summed E-state index contributed by atoms with van der Waals surface area (Å²) in [5.41, 5.74) is 3.52. The van der Waals surface area contributed by atoms with E-state index in [4.69, 9.17) is 0 Å². The molecule has 1 amide bonds. The van der Waals surface area contributed by atoms with E-state index in [1.165, 1.54) is 11.1 Å². The number of fused-ring (bicyclic) bond motifs is 1. The van der Waals surface area contributed by atoms with Gasteiger partial charge in [0.1, 0.15) is 0 Å². The monoisotopic (exact) mass is 201 g/mol. The SMILES string of the molecule is CC(C)C(=O)NC1=Cc2ccccc2C1. The average Bonchev–Trinajstić information content (AvgIpc) is 2.59. The number of hydrogen-bond acceptors (Lipinski definition) is 1. The van der Waals surface area contributed by atoms with Crippen molar-refractivity contribution in [3.8, 4) is 0 Å². The van der Waals surface area contributed by atoms with Crippen molar-refractivity contribution in [1.82, 2.24) is 5.32 Å². The minimum absolute atomic E-state index is 0.0367. The van der Waals surface area contributed by atoms with Crippen LogP contribution in [0, 0.1) is 5.92 Å². The Morgan fingerprint density at radius 3 is 2.73 bits per heavy atom. The molecule has 0 unspecified atom stereocenters. The maximum absolute atomic E-state index is 11.5. The van der Waals surface area contributed by atoms with Gasteiger partial charge in [0, 0.05) is 18.0 Å². The molecule has 2 heteroatoms. The molecular weight excluding hydrogens is 186 g/mol. The second-order valence-corrected chi connectivity index (χ2v) is 4.19. The Hall–Kier alpha value is -1.57. The van der Waals surface area contributed by atoms with E-state index in [0.29, 0.717) is 0 Å². The molecule has 0 aromatic heterocycles. The van der Waals surface area contributed by atoms with E-state index in [2.05, 4.69) is 23.5 Å². The van der Waals surface area contributed by atoms with Crippen molar-refractivity contribution < 1.29 is 4.79 Å². The lowest BCUT2D eigenvalue weighted by atomic mass is 10.1. The Labute approximate surface area is 90.0 Å². The fraction of sp³-hybridized carbons (Fsp3) is 0.308. The molecule has 1 N–H and O–H groups in total. The average molecular weight is 201 g/mol. The fourth-order valence-electron chi connectivity index (χ4n) is 1.66. The summed E-state index contributed by atoms with van der Waals surface area (Å²) in [6, 6.07) is 8.21. The third kappa shape index (κ3) is 2.09. The lowest BCUT2D eigenvalue weighted by Gasteiger charge is -2.07. The van der Waals surface area contributed by atoms with Gasteiger partial charge in [0.2, 0.25) is 5.91 Å². The quantitative estimate of drug-likeness (QED) is 0.782. The van der Waals surface area contributed by atoms with Crippen molar-refractivity contribution in [2.24, 2.45) is 5.92 Å². The summed E-state index contributed by atoms with van der Waals surface area (Å²) in [6.45, 7) is 3.80. The zero-order valence-corrected chi connectivity index (χ0v) is 9.08. The van der Waals surface area contributed by atoms with Crippen LogP contribution in [0.15, 0.2) is 30.0 Å². The zero-order chi connectivity index (χ0) is 10.8. The van der Waals surface area contributed by atoms with Gasteiger partial charge in [-0.2, -0.15) is 0 Å². The highest BCUT2D eigenvalue weighted by Gasteiger charge is 2.15. The predicted molar refractivity (Wildman–Crippen MR) is 61.1 cm³/mol. The molecule has 1 aromatic rings. The van der Waals surface area contributed by atoms with Crippen molar-refractivity contribution in [1.29, 1.82) is 0 Å². The molecule has 0 aliphatic heterocycles. The van der Waals surface area contributed by atoms with Crippen molar-refractivity contribution >= 4 is 12.0 Å². The Morgan fingerprint density at radius 2 is 2.07 bits per heavy atom. The minimum Gasteiger partial charge on any atom is -0.329 e. The van der Waals surface area contributed by atoms with Crippen molar-refractivity contribution in [3.05, 3.63) is 41.1 Å². The van der Waals surface area contributed by atoms with E-state index in [9.17, 15) is 4.79 Å². The smallest absolute Gasteiger partial charge is 0.226 e. The summed E-state index contributed by atoms with van der Waals surface area (Å²) in [7, 11) is 0. The van der Waals surface area contributed by atoms with Crippen LogP contribution in [0.4, 0.5) is 0 Å². The van der Waals surface area contributed by atoms with Crippen LogP contribution in [0.25, 0.3) is 6.08 Å². The number of rotatable bonds is 2. The van der Waals surface area contributed by atoms with Gasteiger partial charge < -0.3 is 5.32 Å². The van der Waals surface area contributed by atoms with Gasteiger partial charge in [-0.3, -0.25) is 4.79 Å².